The number of aromatic amines is 1. The summed E-state index contributed by atoms with van der Waals surface area (Å²) in [6.45, 7) is 3.81. The van der Waals surface area contributed by atoms with Crippen molar-refractivity contribution < 1.29 is 14.3 Å². The van der Waals surface area contributed by atoms with Crippen molar-refractivity contribution >= 4 is 12.3 Å². The lowest BCUT2D eigenvalue weighted by Gasteiger charge is -2.04. The summed E-state index contributed by atoms with van der Waals surface area (Å²) >= 11 is 0. The SMILES string of the molecule is CCc1c(-c2cccc(C)n2)[nH]c(C=O)c1C(=O)OC. The summed E-state index contributed by atoms with van der Waals surface area (Å²) in [5.41, 5.74) is 3.54. The summed E-state index contributed by atoms with van der Waals surface area (Å²) in [5.74, 6) is -0.515. The molecule has 0 aliphatic heterocycles. The number of carbonyl (C=O) groups is 2. The maximum atomic E-state index is 11.9. The summed E-state index contributed by atoms with van der Waals surface area (Å²) in [7, 11) is 1.30. The number of aldehydes is 1. The predicted molar refractivity (Wildman–Crippen MR) is 74.9 cm³/mol. The van der Waals surface area contributed by atoms with Gasteiger partial charge in [0.1, 0.15) is 0 Å². The van der Waals surface area contributed by atoms with Crippen LogP contribution >= 0.6 is 0 Å². The van der Waals surface area contributed by atoms with E-state index in [2.05, 4.69) is 9.97 Å². The van der Waals surface area contributed by atoms with E-state index in [4.69, 9.17) is 4.74 Å². The fourth-order valence-electron chi connectivity index (χ4n) is 2.24. The van der Waals surface area contributed by atoms with Gasteiger partial charge in [-0.15, -0.1) is 0 Å². The van der Waals surface area contributed by atoms with Crippen LogP contribution in [0.3, 0.4) is 0 Å². The second-order valence-electron chi connectivity index (χ2n) is 4.39. The molecule has 0 atom stereocenters. The van der Waals surface area contributed by atoms with E-state index in [-0.39, 0.29) is 5.69 Å². The summed E-state index contributed by atoms with van der Waals surface area (Å²) < 4.78 is 4.76. The van der Waals surface area contributed by atoms with Gasteiger partial charge >= 0.3 is 5.97 Å². The molecule has 0 amide bonds. The molecule has 104 valence electrons. The van der Waals surface area contributed by atoms with Gasteiger partial charge in [0.2, 0.25) is 0 Å². The lowest BCUT2D eigenvalue weighted by atomic mass is 10.0. The van der Waals surface area contributed by atoms with Gasteiger partial charge in [-0.1, -0.05) is 13.0 Å². The Kier molecular flexibility index (Phi) is 3.98. The molecule has 0 saturated heterocycles. The molecule has 0 bridgehead atoms. The van der Waals surface area contributed by atoms with E-state index in [0.29, 0.717) is 29.7 Å². The number of methoxy groups -OCH3 is 1. The molecule has 0 fully saturated rings. The number of pyridine rings is 1. The van der Waals surface area contributed by atoms with Crippen LogP contribution in [0.15, 0.2) is 18.2 Å². The van der Waals surface area contributed by atoms with E-state index < -0.39 is 5.97 Å². The smallest absolute Gasteiger partial charge is 0.340 e. The Balaban J connectivity index is 2.68. The number of aryl methyl sites for hydroxylation is 1. The molecule has 2 aromatic rings. The molecule has 20 heavy (non-hydrogen) atoms. The minimum Gasteiger partial charge on any atom is -0.465 e. The van der Waals surface area contributed by atoms with Crippen molar-refractivity contribution in [3.05, 3.63) is 40.7 Å². The summed E-state index contributed by atoms with van der Waals surface area (Å²) in [5, 5.41) is 0. The first-order valence-electron chi connectivity index (χ1n) is 6.34. The van der Waals surface area contributed by atoms with Gasteiger partial charge < -0.3 is 9.72 Å². The zero-order valence-electron chi connectivity index (χ0n) is 11.7. The first-order chi connectivity index (χ1) is 9.62. The molecule has 0 aromatic carbocycles. The van der Waals surface area contributed by atoms with Crippen molar-refractivity contribution in [2.75, 3.05) is 7.11 Å². The van der Waals surface area contributed by atoms with Crippen LogP contribution in [0.2, 0.25) is 0 Å². The topological polar surface area (TPSA) is 72.0 Å². The van der Waals surface area contributed by atoms with E-state index in [0.717, 1.165) is 11.3 Å². The molecule has 0 aliphatic rings. The lowest BCUT2D eigenvalue weighted by molar-refractivity contribution is 0.0597. The Morgan fingerprint density at radius 2 is 2.20 bits per heavy atom. The Hall–Kier alpha value is -2.43. The molecule has 5 nitrogen and oxygen atoms in total. The number of hydrogen-bond donors (Lipinski definition) is 1. The lowest BCUT2D eigenvalue weighted by Crippen LogP contribution is -2.06. The zero-order chi connectivity index (χ0) is 14.7. The highest BCUT2D eigenvalue weighted by atomic mass is 16.5. The van der Waals surface area contributed by atoms with Crippen LogP contribution in [-0.2, 0) is 11.2 Å². The normalized spacial score (nSPS) is 10.3. The average molecular weight is 272 g/mol. The Morgan fingerprint density at radius 1 is 1.45 bits per heavy atom. The van der Waals surface area contributed by atoms with Crippen molar-refractivity contribution in [1.29, 1.82) is 0 Å². The molecule has 0 radical (unpaired) electrons. The van der Waals surface area contributed by atoms with Crippen LogP contribution in [0.1, 0.15) is 39.0 Å². The average Bonchev–Trinajstić information content (AvgIpc) is 2.85. The molecule has 0 spiro atoms. The van der Waals surface area contributed by atoms with Crippen LogP contribution in [0.5, 0.6) is 0 Å². The summed E-state index contributed by atoms with van der Waals surface area (Å²) in [4.78, 5) is 30.4. The van der Waals surface area contributed by atoms with Crippen LogP contribution in [0.4, 0.5) is 0 Å². The number of esters is 1. The minimum absolute atomic E-state index is 0.229. The molecule has 2 heterocycles. The predicted octanol–water partition coefficient (Wildman–Crippen LogP) is 2.55. The largest absolute Gasteiger partial charge is 0.465 e. The Morgan fingerprint density at radius 3 is 2.75 bits per heavy atom. The third-order valence-corrected chi connectivity index (χ3v) is 3.14. The zero-order valence-corrected chi connectivity index (χ0v) is 11.7. The van der Waals surface area contributed by atoms with Gasteiger partial charge in [0.25, 0.3) is 0 Å². The first-order valence-corrected chi connectivity index (χ1v) is 6.34. The van der Waals surface area contributed by atoms with Crippen LogP contribution in [-0.4, -0.2) is 29.3 Å². The molecule has 0 saturated carbocycles. The maximum Gasteiger partial charge on any atom is 0.340 e. The highest BCUT2D eigenvalue weighted by Gasteiger charge is 2.23. The van der Waals surface area contributed by atoms with E-state index in [1.165, 1.54) is 7.11 Å². The first kappa shape index (κ1) is 14.0. The quantitative estimate of drug-likeness (QED) is 0.685. The molecule has 0 unspecified atom stereocenters. The number of nitrogens with zero attached hydrogens (tertiary/aromatic N) is 1. The van der Waals surface area contributed by atoms with Crippen LogP contribution in [0.25, 0.3) is 11.4 Å². The highest BCUT2D eigenvalue weighted by molar-refractivity contribution is 6.01. The van der Waals surface area contributed by atoms with Gasteiger partial charge in [-0.2, -0.15) is 0 Å². The molecule has 0 aliphatic carbocycles. The Labute approximate surface area is 117 Å². The second-order valence-corrected chi connectivity index (χ2v) is 4.39. The van der Waals surface area contributed by atoms with Crippen LogP contribution in [0, 0.1) is 6.92 Å². The standard InChI is InChI=1S/C15H16N2O3/c1-4-10-13(15(19)20-3)12(8-18)17-14(10)11-7-5-6-9(2)16-11/h5-8,17H,4H2,1-3H3. The van der Waals surface area contributed by atoms with Gasteiger partial charge in [0.15, 0.2) is 6.29 Å². The van der Waals surface area contributed by atoms with Gasteiger partial charge in [-0.25, -0.2) is 4.79 Å². The van der Waals surface area contributed by atoms with Gasteiger partial charge in [0, 0.05) is 5.69 Å². The summed E-state index contributed by atoms with van der Waals surface area (Å²) in [6, 6.07) is 5.61. The second kappa shape index (κ2) is 5.69. The summed E-state index contributed by atoms with van der Waals surface area (Å²) in [6.07, 6.45) is 1.23. The van der Waals surface area contributed by atoms with E-state index in [1.807, 2.05) is 32.0 Å². The number of hydrogen-bond acceptors (Lipinski definition) is 4. The van der Waals surface area contributed by atoms with Crippen molar-refractivity contribution in [2.45, 2.75) is 20.3 Å². The number of carbonyl (C=O) groups excluding carboxylic acids is 2. The third-order valence-electron chi connectivity index (χ3n) is 3.14. The van der Waals surface area contributed by atoms with E-state index in [9.17, 15) is 9.59 Å². The Bertz CT molecular complexity index is 659. The fraction of sp³-hybridized carbons (Fsp3) is 0.267. The highest BCUT2D eigenvalue weighted by Crippen LogP contribution is 2.27. The number of H-pyrrole nitrogens is 1. The monoisotopic (exact) mass is 272 g/mol. The number of aromatic nitrogens is 2. The minimum atomic E-state index is -0.515. The number of ether oxygens (including phenoxy) is 1. The van der Waals surface area contributed by atoms with Crippen LogP contribution < -0.4 is 0 Å². The van der Waals surface area contributed by atoms with Crippen molar-refractivity contribution in [1.82, 2.24) is 9.97 Å². The van der Waals surface area contributed by atoms with E-state index in [1.54, 1.807) is 0 Å². The maximum absolute atomic E-state index is 11.9. The molecule has 5 heteroatoms. The fourth-order valence-corrected chi connectivity index (χ4v) is 2.24. The third kappa shape index (κ3) is 2.34. The number of nitrogens with one attached hydrogen (secondary N) is 1. The molecule has 1 N–H and O–H groups in total. The van der Waals surface area contributed by atoms with Gasteiger partial charge in [-0.05, 0) is 31.0 Å². The molecule has 2 aromatic heterocycles. The van der Waals surface area contributed by atoms with E-state index >= 15 is 0 Å². The van der Waals surface area contributed by atoms with Gasteiger partial charge in [-0.3, -0.25) is 9.78 Å². The molecular formula is C15H16N2O3. The number of rotatable bonds is 4. The molecule has 2 rings (SSSR count). The van der Waals surface area contributed by atoms with Gasteiger partial charge in [0.05, 0.1) is 29.8 Å². The van der Waals surface area contributed by atoms with Crippen molar-refractivity contribution in [3.8, 4) is 11.4 Å². The molecular weight excluding hydrogens is 256 g/mol. The van der Waals surface area contributed by atoms with Crippen molar-refractivity contribution in [3.63, 3.8) is 0 Å². The van der Waals surface area contributed by atoms with Crippen molar-refractivity contribution in [2.24, 2.45) is 0 Å².